The van der Waals surface area contributed by atoms with E-state index in [1.807, 2.05) is 18.2 Å². The Labute approximate surface area is 172 Å². The summed E-state index contributed by atoms with van der Waals surface area (Å²) in [7, 11) is 0. The Hall–Kier alpha value is -2.28. The normalized spacial score (nSPS) is 16.2. The lowest BCUT2D eigenvalue weighted by Crippen LogP contribution is -2.30. The van der Waals surface area contributed by atoms with Gasteiger partial charge in [0.15, 0.2) is 0 Å². The topological polar surface area (TPSA) is 36.9 Å². The zero-order chi connectivity index (χ0) is 21.2. The molecule has 0 radical (unpaired) electrons. The van der Waals surface area contributed by atoms with E-state index in [1.165, 1.54) is 6.07 Å². The fourth-order valence-corrected chi connectivity index (χ4v) is 3.13. The lowest BCUT2D eigenvalue weighted by Gasteiger charge is -2.25. The number of hydrogen-bond donors (Lipinski definition) is 0. The second-order valence-electron chi connectivity index (χ2n) is 7.78. The van der Waals surface area contributed by atoms with Gasteiger partial charge in [0.05, 0.1) is 5.02 Å². The van der Waals surface area contributed by atoms with Crippen LogP contribution in [0.25, 0.3) is 0 Å². The summed E-state index contributed by atoms with van der Waals surface area (Å²) in [5.41, 5.74) is 1.15. The first-order valence-electron chi connectivity index (χ1n) is 9.12. The van der Waals surface area contributed by atoms with Crippen LogP contribution in [0.5, 0.6) is 23.0 Å². The van der Waals surface area contributed by atoms with E-state index in [4.69, 9.17) is 25.8 Å². The SMILES string of the molecule is CC(C)(C)C1Cc2cc(OCCOc3ccc(OC(F)(F)F)cc3Cl)ccc2O1. The van der Waals surface area contributed by atoms with Crippen molar-refractivity contribution in [1.82, 2.24) is 0 Å². The molecule has 0 saturated heterocycles. The highest BCUT2D eigenvalue weighted by atomic mass is 35.5. The molecule has 1 atom stereocenters. The average Bonchev–Trinajstić information content (AvgIpc) is 3.02. The summed E-state index contributed by atoms with van der Waals surface area (Å²) in [5.74, 6) is 1.42. The molecule has 2 aromatic carbocycles. The van der Waals surface area contributed by atoms with Crippen molar-refractivity contribution in [2.75, 3.05) is 13.2 Å². The van der Waals surface area contributed by atoms with Gasteiger partial charge in [0.2, 0.25) is 0 Å². The van der Waals surface area contributed by atoms with Gasteiger partial charge in [-0.15, -0.1) is 13.2 Å². The van der Waals surface area contributed by atoms with Crippen molar-refractivity contribution in [3.8, 4) is 23.0 Å². The third-order valence-electron chi connectivity index (χ3n) is 4.42. The van der Waals surface area contributed by atoms with Crippen molar-refractivity contribution in [2.45, 2.75) is 39.7 Å². The van der Waals surface area contributed by atoms with Gasteiger partial charge in [-0.2, -0.15) is 0 Å². The second kappa shape index (κ2) is 8.22. The van der Waals surface area contributed by atoms with E-state index in [9.17, 15) is 13.2 Å². The first-order valence-corrected chi connectivity index (χ1v) is 9.49. The Morgan fingerprint density at radius 1 is 1.00 bits per heavy atom. The predicted octanol–water partition coefficient (Wildman–Crippen LogP) is 6.05. The van der Waals surface area contributed by atoms with Gasteiger partial charge in [-0.25, -0.2) is 0 Å². The van der Waals surface area contributed by atoms with Crippen LogP contribution < -0.4 is 18.9 Å². The smallest absolute Gasteiger partial charge is 0.490 e. The number of halogens is 4. The van der Waals surface area contributed by atoms with Crippen molar-refractivity contribution in [2.24, 2.45) is 5.41 Å². The molecular formula is C21H22ClF3O4. The van der Waals surface area contributed by atoms with Crippen molar-refractivity contribution < 1.29 is 32.1 Å². The first-order chi connectivity index (χ1) is 13.5. The van der Waals surface area contributed by atoms with Gasteiger partial charge in [-0.3, -0.25) is 0 Å². The highest BCUT2D eigenvalue weighted by Crippen LogP contribution is 2.38. The number of hydrogen-bond acceptors (Lipinski definition) is 4. The molecule has 1 aliphatic rings. The van der Waals surface area contributed by atoms with Crippen LogP contribution in [-0.2, 0) is 6.42 Å². The third-order valence-corrected chi connectivity index (χ3v) is 4.71. The molecule has 0 fully saturated rings. The average molecular weight is 431 g/mol. The van der Waals surface area contributed by atoms with E-state index in [1.54, 1.807) is 0 Å². The van der Waals surface area contributed by atoms with E-state index in [0.29, 0.717) is 5.75 Å². The molecule has 0 aromatic heterocycles. The van der Waals surface area contributed by atoms with E-state index < -0.39 is 12.1 Å². The molecule has 1 heterocycles. The van der Waals surface area contributed by atoms with Crippen molar-refractivity contribution in [3.05, 3.63) is 47.0 Å². The van der Waals surface area contributed by atoms with Crippen LogP contribution >= 0.6 is 11.6 Å². The minimum atomic E-state index is -4.77. The number of fused-ring (bicyclic) bond motifs is 1. The Morgan fingerprint density at radius 3 is 2.34 bits per heavy atom. The lowest BCUT2D eigenvalue weighted by atomic mass is 9.86. The molecule has 158 valence electrons. The summed E-state index contributed by atoms with van der Waals surface area (Å²) >= 11 is 5.94. The molecule has 0 bridgehead atoms. The van der Waals surface area contributed by atoms with Crippen molar-refractivity contribution in [1.29, 1.82) is 0 Å². The van der Waals surface area contributed by atoms with Gasteiger partial charge < -0.3 is 18.9 Å². The summed E-state index contributed by atoms with van der Waals surface area (Å²) in [6.45, 7) is 6.86. The van der Waals surface area contributed by atoms with Gasteiger partial charge in [0, 0.05) is 18.1 Å². The largest absolute Gasteiger partial charge is 0.573 e. The maximum atomic E-state index is 12.2. The minimum Gasteiger partial charge on any atom is -0.490 e. The molecule has 0 aliphatic carbocycles. The van der Waals surface area contributed by atoms with E-state index in [-0.39, 0.29) is 35.5 Å². The van der Waals surface area contributed by atoms with Gasteiger partial charge in [0.25, 0.3) is 0 Å². The molecule has 0 spiro atoms. The quantitative estimate of drug-likeness (QED) is 0.523. The summed E-state index contributed by atoms with van der Waals surface area (Å²) in [4.78, 5) is 0. The van der Waals surface area contributed by atoms with Crippen molar-refractivity contribution in [3.63, 3.8) is 0 Å². The number of alkyl halides is 3. The van der Waals surface area contributed by atoms with Crippen LogP contribution in [0.2, 0.25) is 5.02 Å². The van der Waals surface area contributed by atoms with Crippen LogP contribution in [0.4, 0.5) is 13.2 Å². The Balaban J connectivity index is 1.49. The van der Waals surface area contributed by atoms with Gasteiger partial charge in [-0.05, 0) is 35.7 Å². The summed E-state index contributed by atoms with van der Waals surface area (Å²) < 4.78 is 57.7. The summed E-state index contributed by atoms with van der Waals surface area (Å²) in [5, 5.41) is 0.0228. The van der Waals surface area contributed by atoms with Crippen LogP contribution in [0.1, 0.15) is 26.3 Å². The van der Waals surface area contributed by atoms with Gasteiger partial charge in [-0.1, -0.05) is 32.4 Å². The Morgan fingerprint density at radius 2 is 1.69 bits per heavy atom. The lowest BCUT2D eigenvalue weighted by molar-refractivity contribution is -0.274. The van der Waals surface area contributed by atoms with Crippen LogP contribution in [0, 0.1) is 5.41 Å². The predicted molar refractivity (Wildman–Crippen MR) is 103 cm³/mol. The zero-order valence-corrected chi connectivity index (χ0v) is 17.1. The van der Waals surface area contributed by atoms with Gasteiger partial charge >= 0.3 is 6.36 Å². The van der Waals surface area contributed by atoms with E-state index in [2.05, 4.69) is 25.5 Å². The summed E-state index contributed by atoms with van der Waals surface area (Å²) in [6.07, 6.45) is -3.82. The Bertz CT molecular complexity index is 862. The molecular weight excluding hydrogens is 409 g/mol. The maximum absolute atomic E-state index is 12.2. The third kappa shape index (κ3) is 5.85. The maximum Gasteiger partial charge on any atom is 0.573 e. The molecule has 3 rings (SSSR count). The Kier molecular flexibility index (Phi) is 6.08. The monoisotopic (exact) mass is 430 g/mol. The number of benzene rings is 2. The molecule has 1 aliphatic heterocycles. The molecule has 1 unspecified atom stereocenters. The zero-order valence-electron chi connectivity index (χ0n) is 16.3. The number of rotatable bonds is 6. The van der Waals surface area contributed by atoms with Crippen LogP contribution in [0.3, 0.4) is 0 Å². The highest BCUT2D eigenvalue weighted by Gasteiger charge is 2.33. The van der Waals surface area contributed by atoms with Crippen molar-refractivity contribution >= 4 is 11.6 Å². The molecule has 29 heavy (non-hydrogen) atoms. The van der Waals surface area contributed by atoms with Crippen LogP contribution in [0.15, 0.2) is 36.4 Å². The standard InChI is InChI=1S/C21H22ClF3O4/c1-20(2,3)19-11-13-10-14(4-6-17(13)28-19)26-8-9-27-18-7-5-15(12-16(18)22)29-21(23,24)25/h4-7,10,12,19H,8-9,11H2,1-3H3. The molecule has 4 nitrogen and oxygen atoms in total. The fourth-order valence-electron chi connectivity index (χ4n) is 2.90. The van der Waals surface area contributed by atoms with E-state index in [0.717, 1.165) is 29.9 Å². The van der Waals surface area contributed by atoms with Crippen LogP contribution in [-0.4, -0.2) is 25.7 Å². The molecule has 2 aromatic rings. The molecule has 0 saturated carbocycles. The van der Waals surface area contributed by atoms with Gasteiger partial charge in [0.1, 0.15) is 42.3 Å². The van der Waals surface area contributed by atoms with E-state index >= 15 is 0 Å². The second-order valence-corrected chi connectivity index (χ2v) is 8.19. The molecule has 8 heteroatoms. The summed E-state index contributed by atoms with van der Waals surface area (Å²) in [6, 6.07) is 9.20. The minimum absolute atomic E-state index is 0.0228. The molecule has 0 amide bonds. The highest BCUT2D eigenvalue weighted by molar-refractivity contribution is 6.32. The fraction of sp³-hybridized carbons (Fsp3) is 0.429. The molecule has 0 N–H and O–H groups in total. The number of ether oxygens (including phenoxy) is 4. The first kappa shape index (κ1) is 21.4.